The van der Waals surface area contributed by atoms with Gasteiger partial charge >= 0.3 is 6.18 Å². The van der Waals surface area contributed by atoms with Crippen molar-refractivity contribution in [3.8, 4) is 11.5 Å². The standard InChI is InChI=1S/C31H33BrF3N5O5/c1-39-27-18(26(38-39)19-7-9-23(41)37-29(19)43)6-8-21(28(27)44-2)36-24(42)16-40-12-10-30(11-13-40)14-17(15-30)45-22-5-3-4-20(32)25(22)31(33,34)35/h3-6,8,17,19H,7,9-16H2,1-2H3,(H,36,42)(H,37,41,43). The molecule has 3 aliphatic rings. The van der Waals surface area contributed by atoms with Gasteiger partial charge in [0, 0.05) is 23.3 Å². The van der Waals surface area contributed by atoms with Gasteiger partial charge in [-0.3, -0.25) is 29.3 Å². The zero-order valence-corrected chi connectivity index (χ0v) is 26.4. The molecule has 3 aromatic rings. The molecule has 1 atom stereocenters. The highest BCUT2D eigenvalue weighted by molar-refractivity contribution is 9.10. The Balaban J connectivity index is 1.05. The molecule has 3 fully saturated rings. The van der Waals surface area contributed by atoms with Crippen molar-refractivity contribution in [3.63, 3.8) is 0 Å². The lowest BCUT2D eigenvalue weighted by Crippen LogP contribution is -2.51. The number of piperidine rings is 2. The van der Waals surface area contributed by atoms with Gasteiger partial charge in [0.25, 0.3) is 0 Å². The topological polar surface area (TPSA) is 115 Å². The monoisotopic (exact) mass is 691 g/mol. The molecule has 2 aromatic carbocycles. The second-order valence-electron chi connectivity index (χ2n) is 12.1. The van der Waals surface area contributed by atoms with Gasteiger partial charge in [-0.05, 0) is 74.9 Å². The lowest BCUT2D eigenvalue weighted by atomic mass is 9.61. The van der Waals surface area contributed by atoms with Crippen LogP contribution in [0.4, 0.5) is 18.9 Å². The first kappa shape index (κ1) is 31.3. The fourth-order valence-electron chi connectivity index (χ4n) is 6.91. The van der Waals surface area contributed by atoms with Gasteiger partial charge in [0.2, 0.25) is 17.7 Å². The van der Waals surface area contributed by atoms with Crippen LogP contribution in [0.5, 0.6) is 11.5 Å². The smallest absolute Gasteiger partial charge is 0.421 e. The summed E-state index contributed by atoms with van der Waals surface area (Å²) >= 11 is 3.00. The predicted octanol–water partition coefficient (Wildman–Crippen LogP) is 5.15. The van der Waals surface area contributed by atoms with Gasteiger partial charge in [-0.1, -0.05) is 22.0 Å². The molecule has 1 spiro atoms. The Hall–Kier alpha value is -3.65. The quantitative estimate of drug-likeness (QED) is 0.330. The van der Waals surface area contributed by atoms with E-state index >= 15 is 0 Å². The van der Waals surface area contributed by atoms with E-state index in [1.165, 1.54) is 25.3 Å². The molecular formula is C31H33BrF3N5O5. The molecule has 6 rings (SSSR count). The number of halogens is 4. The zero-order valence-electron chi connectivity index (χ0n) is 24.8. The van der Waals surface area contributed by atoms with Crippen molar-refractivity contribution in [1.82, 2.24) is 20.0 Å². The van der Waals surface area contributed by atoms with E-state index in [2.05, 4.69) is 36.6 Å². The van der Waals surface area contributed by atoms with Crippen LogP contribution in [0.25, 0.3) is 10.9 Å². The van der Waals surface area contributed by atoms with Crippen LogP contribution in [0.1, 0.15) is 55.7 Å². The summed E-state index contributed by atoms with van der Waals surface area (Å²) in [6, 6.07) is 7.78. The van der Waals surface area contributed by atoms with Crippen LogP contribution in [0.2, 0.25) is 0 Å². The van der Waals surface area contributed by atoms with E-state index < -0.39 is 17.7 Å². The van der Waals surface area contributed by atoms with Crippen molar-refractivity contribution in [1.29, 1.82) is 0 Å². The summed E-state index contributed by atoms with van der Waals surface area (Å²) < 4.78 is 53.7. The van der Waals surface area contributed by atoms with E-state index in [1.807, 2.05) is 0 Å². The maximum absolute atomic E-state index is 13.6. The molecule has 1 saturated carbocycles. The molecule has 2 N–H and O–H groups in total. The molecule has 1 aromatic heterocycles. The summed E-state index contributed by atoms with van der Waals surface area (Å²) in [5.41, 5.74) is 0.876. The number of ether oxygens (including phenoxy) is 2. The highest BCUT2D eigenvalue weighted by Gasteiger charge is 2.48. The number of nitrogens with zero attached hydrogens (tertiary/aromatic N) is 3. The molecule has 14 heteroatoms. The maximum atomic E-state index is 13.6. The van der Waals surface area contributed by atoms with Crippen LogP contribution in [-0.2, 0) is 27.6 Å². The normalized spacial score (nSPS) is 20.6. The lowest BCUT2D eigenvalue weighted by molar-refractivity contribution is -0.141. The van der Waals surface area contributed by atoms with Crippen LogP contribution in [0.15, 0.2) is 34.8 Å². The van der Waals surface area contributed by atoms with E-state index in [4.69, 9.17) is 9.47 Å². The predicted molar refractivity (Wildman–Crippen MR) is 162 cm³/mol. The minimum atomic E-state index is -4.52. The number of benzene rings is 2. The number of amides is 3. The molecule has 1 aliphatic carbocycles. The Morgan fingerprint density at radius 3 is 2.58 bits per heavy atom. The largest absolute Gasteiger partial charge is 0.492 e. The van der Waals surface area contributed by atoms with Crippen LogP contribution in [0, 0.1) is 5.41 Å². The highest BCUT2D eigenvalue weighted by atomic mass is 79.9. The van der Waals surface area contributed by atoms with E-state index in [1.54, 1.807) is 23.9 Å². The number of aromatic nitrogens is 2. The summed E-state index contributed by atoms with van der Waals surface area (Å²) in [6.07, 6.45) is -1.17. The molecule has 2 saturated heterocycles. The zero-order chi connectivity index (χ0) is 32.1. The van der Waals surface area contributed by atoms with Crippen molar-refractivity contribution in [2.75, 3.05) is 32.1 Å². The number of hydrogen-bond donors (Lipinski definition) is 2. The summed E-state index contributed by atoms with van der Waals surface area (Å²) in [4.78, 5) is 39.3. The number of rotatable bonds is 7. The Kier molecular flexibility index (Phi) is 8.31. The molecule has 3 heterocycles. The maximum Gasteiger partial charge on any atom is 0.421 e. The fourth-order valence-corrected chi connectivity index (χ4v) is 7.49. The van der Waals surface area contributed by atoms with Gasteiger partial charge in [-0.2, -0.15) is 18.3 Å². The minimum Gasteiger partial charge on any atom is -0.492 e. The summed E-state index contributed by atoms with van der Waals surface area (Å²) in [7, 11) is 3.24. The van der Waals surface area contributed by atoms with Crippen LogP contribution in [0.3, 0.4) is 0 Å². The first-order valence-electron chi connectivity index (χ1n) is 14.8. The van der Waals surface area contributed by atoms with Crippen LogP contribution < -0.4 is 20.1 Å². The third-order valence-corrected chi connectivity index (χ3v) is 9.85. The van der Waals surface area contributed by atoms with Gasteiger partial charge < -0.3 is 14.8 Å². The molecule has 45 heavy (non-hydrogen) atoms. The Morgan fingerprint density at radius 2 is 1.91 bits per heavy atom. The van der Waals surface area contributed by atoms with Gasteiger partial charge in [0.05, 0.1) is 37.1 Å². The number of hydrogen-bond acceptors (Lipinski definition) is 7. The average Bonchev–Trinajstić information content (AvgIpc) is 3.28. The van der Waals surface area contributed by atoms with Crippen molar-refractivity contribution >= 4 is 50.2 Å². The number of carbonyl (C=O) groups is 3. The third-order valence-electron chi connectivity index (χ3n) is 9.19. The van der Waals surface area contributed by atoms with Crippen molar-refractivity contribution in [3.05, 3.63) is 46.1 Å². The van der Waals surface area contributed by atoms with Gasteiger partial charge in [0.15, 0.2) is 5.75 Å². The number of nitrogens with one attached hydrogen (secondary N) is 2. The number of imide groups is 1. The lowest BCUT2D eigenvalue weighted by Gasteiger charge is -2.51. The van der Waals surface area contributed by atoms with Crippen LogP contribution in [-0.4, -0.2) is 65.2 Å². The van der Waals surface area contributed by atoms with Gasteiger partial charge in [0.1, 0.15) is 16.8 Å². The molecule has 3 amide bonds. The molecular weight excluding hydrogens is 659 g/mol. The number of anilines is 1. The summed E-state index contributed by atoms with van der Waals surface area (Å²) in [5.74, 6) is -1.18. The second kappa shape index (κ2) is 11.9. The first-order valence-corrected chi connectivity index (χ1v) is 15.6. The van der Waals surface area contributed by atoms with E-state index in [0.717, 1.165) is 12.8 Å². The van der Waals surface area contributed by atoms with Crippen molar-refractivity contribution in [2.24, 2.45) is 12.5 Å². The highest BCUT2D eigenvalue weighted by Crippen LogP contribution is 2.51. The van der Waals surface area contributed by atoms with Gasteiger partial charge in [-0.25, -0.2) is 0 Å². The van der Waals surface area contributed by atoms with Crippen molar-refractivity contribution in [2.45, 2.75) is 56.7 Å². The number of fused-ring (bicyclic) bond motifs is 1. The molecule has 240 valence electrons. The third kappa shape index (κ3) is 6.14. The second-order valence-corrected chi connectivity index (χ2v) is 13.0. The average molecular weight is 693 g/mol. The van der Waals surface area contributed by atoms with Gasteiger partial charge in [-0.15, -0.1) is 0 Å². The molecule has 2 aliphatic heterocycles. The number of alkyl halides is 3. The number of aryl methyl sites for hydroxylation is 1. The Labute approximate surface area is 265 Å². The number of likely N-dealkylation sites (tertiary alicyclic amines) is 1. The van der Waals surface area contributed by atoms with E-state index in [-0.39, 0.29) is 52.4 Å². The number of methoxy groups -OCH3 is 1. The fraction of sp³-hybridized carbons (Fsp3) is 0.484. The molecule has 10 nitrogen and oxygen atoms in total. The molecule has 0 bridgehead atoms. The van der Waals surface area contributed by atoms with Crippen molar-refractivity contribution < 1.29 is 37.0 Å². The van der Waals surface area contributed by atoms with Crippen LogP contribution >= 0.6 is 15.9 Å². The number of carbonyl (C=O) groups excluding carboxylic acids is 3. The van der Waals surface area contributed by atoms with E-state index in [0.29, 0.717) is 60.4 Å². The minimum absolute atomic E-state index is 0.00999. The molecule has 1 unspecified atom stereocenters. The van der Waals surface area contributed by atoms with E-state index in [9.17, 15) is 27.6 Å². The summed E-state index contributed by atoms with van der Waals surface area (Å²) in [6.45, 7) is 1.56. The summed E-state index contributed by atoms with van der Waals surface area (Å²) in [5, 5.41) is 10.6. The Bertz CT molecular complexity index is 1660. The molecule has 0 radical (unpaired) electrons. The SMILES string of the molecule is COc1c(NC(=O)CN2CCC3(CC2)CC(Oc2cccc(Br)c2C(F)(F)F)C3)ccc2c(C3CCC(=O)NC3=O)nn(C)c12. The first-order chi connectivity index (χ1) is 21.4. The Morgan fingerprint density at radius 1 is 1.18 bits per heavy atom.